The van der Waals surface area contributed by atoms with E-state index in [1.807, 2.05) is 23.9 Å². The third-order valence-electron chi connectivity index (χ3n) is 4.53. The molecule has 0 saturated carbocycles. The molecule has 0 aromatic carbocycles. The van der Waals surface area contributed by atoms with Crippen LogP contribution in [0.4, 0.5) is 0 Å². The highest BCUT2D eigenvalue weighted by Gasteiger charge is 2.38. The maximum absolute atomic E-state index is 12.3. The molecular weight excluding hydrogens is 254 g/mol. The van der Waals surface area contributed by atoms with Gasteiger partial charge in [0.1, 0.15) is 0 Å². The first-order chi connectivity index (χ1) is 9.38. The number of likely N-dealkylation sites (N-methyl/N-ethyl adjacent to an activating group) is 1. The molecule has 2 heterocycles. The van der Waals surface area contributed by atoms with Crippen LogP contribution < -0.4 is 0 Å². The third-order valence-corrected chi connectivity index (χ3v) is 4.53. The molecule has 0 aromatic heterocycles. The summed E-state index contributed by atoms with van der Waals surface area (Å²) in [5, 5.41) is 10.5. The smallest absolute Gasteiger partial charge is 0.236 e. The Bertz CT molecular complexity index is 340. The molecule has 2 aliphatic heterocycles. The van der Waals surface area contributed by atoms with Crippen molar-refractivity contribution in [2.24, 2.45) is 5.92 Å². The van der Waals surface area contributed by atoms with Gasteiger partial charge < -0.3 is 14.9 Å². The Balaban J connectivity index is 1.79. The van der Waals surface area contributed by atoms with E-state index in [1.54, 1.807) is 0 Å². The van der Waals surface area contributed by atoms with Crippen molar-refractivity contribution < 1.29 is 9.90 Å². The van der Waals surface area contributed by atoms with E-state index >= 15 is 0 Å². The second-order valence-electron chi connectivity index (χ2n) is 6.99. The van der Waals surface area contributed by atoms with Crippen molar-refractivity contribution in [3.63, 3.8) is 0 Å². The average molecular weight is 283 g/mol. The molecule has 116 valence electrons. The standard InChI is InChI=1S/C15H29N3O2/c1-13-4-7-17(8-5-13)10-14(19)18-9-6-15(20,12-18)11-16(2)3/h13,20H,4-12H2,1-3H3/t15-/m1/s1. The largest absolute Gasteiger partial charge is 0.387 e. The van der Waals surface area contributed by atoms with Crippen molar-refractivity contribution in [3.8, 4) is 0 Å². The fourth-order valence-electron chi connectivity index (χ4n) is 3.30. The zero-order valence-corrected chi connectivity index (χ0v) is 13.1. The predicted octanol–water partition coefficient (Wildman–Crippen LogP) is 0.243. The zero-order chi connectivity index (χ0) is 14.8. The number of carbonyl (C=O) groups is 1. The molecule has 0 aliphatic carbocycles. The zero-order valence-electron chi connectivity index (χ0n) is 13.1. The summed E-state index contributed by atoms with van der Waals surface area (Å²) in [7, 11) is 3.91. The summed E-state index contributed by atoms with van der Waals surface area (Å²) in [5.41, 5.74) is -0.727. The molecule has 0 aromatic rings. The molecule has 5 heteroatoms. The first kappa shape index (κ1) is 15.7. The molecule has 2 saturated heterocycles. The molecule has 1 atom stereocenters. The molecule has 2 rings (SSSR count). The summed E-state index contributed by atoms with van der Waals surface area (Å²) >= 11 is 0. The topological polar surface area (TPSA) is 47.0 Å². The maximum atomic E-state index is 12.3. The number of rotatable bonds is 4. The lowest BCUT2D eigenvalue weighted by molar-refractivity contribution is -0.132. The van der Waals surface area contributed by atoms with E-state index < -0.39 is 5.60 Å². The van der Waals surface area contributed by atoms with Crippen LogP contribution in [0.5, 0.6) is 0 Å². The molecule has 0 bridgehead atoms. The van der Waals surface area contributed by atoms with Crippen molar-refractivity contribution in [2.75, 3.05) is 53.4 Å². The van der Waals surface area contributed by atoms with Crippen LogP contribution in [0.1, 0.15) is 26.2 Å². The van der Waals surface area contributed by atoms with Gasteiger partial charge in [0.05, 0.1) is 18.7 Å². The summed E-state index contributed by atoms with van der Waals surface area (Å²) in [4.78, 5) is 18.4. The van der Waals surface area contributed by atoms with Crippen molar-refractivity contribution in [1.82, 2.24) is 14.7 Å². The van der Waals surface area contributed by atoms with E-state index in [0.717, 1.165) is 19.0 Å². The fraction of sp³-hybridized carbons (Fsp3) is 0.933. The van der Waals surface area contributed by atoms with Gasteiger partial charge in [0.15, 0.2) is 0 Å². The van der Waals surface area contributed by atoms with Crippen LogP contribution in [0.25, 0.3) is 0 Å². The van der Waals surface area contributed by atoms with E-state index in [9.17, 15) is 9.90 Å². The molecule has 2 aliphatic rings. The quantitative estimate of drug-likeness (QED) is 0.803. The van der Waals surface area contributed by atoms with Gasteiger partial charge >= 0.3 is 0 Å². The number of aliphatic hydroxyl groups is 1. The highest BCUT2D eigenvalue weighted by molar-refractivity contribution is 5.78. The Hall–Kier alpha value is -0.650. The van der Waals surface area contributed by atoms with Gasteiger partial charge in [-0.25, -0.2) is 0 Å². The van der Waals surface area contributed by atoms with Crippen LogP contribution in [0.15, 0.2) is 0 Å². The molecule has 0 radical (unpaired) electrons. The van der Waals surface area contributed by atoms with Crippen LogP contribution in [0.3, 0.4) is 0 Å². The fourth-order valence-corrected chi connectivity index (χ4v) is 3.30. The lowest BCUT2D eigenvalue weighted by Crippen LogP contribution is -2.46. The van der Waals surface area contributed by atoms with Crippen LogP contribution in [0.2, 0.25) is 0 Å². The minimum Gasteiger partial charge on any atom is -0.387 e. The van der Waals surface area contributed by atoms with E-state index in [1.165, 1.54) is 12.8 Å². The summed E-state index contributed by atoms with van der Waals surface area (Å²) in [6, 6.07) is 0. The van der Waals surface area contributed by atoms with Crippen LogP contribution in [-0.2, 0) is 4.79 Å². The SMILES string of the molecule is CC1CCN(CC(=O)N2CC[C@@](O)(CN(C)C)C2)CC1. The number of hydrogen-bond donors (Lipinski definition) is 1. The molecule has 2 fully saturated rings. The number of piperidine rings is 1. The molecule has 0 spiro atoms. The highest BCUT2D eigenvalue weighted by atomic mass is 16.3. The van der Waals surface area contributed by atoms with Crippen molar-refractivity contribution >= 4 is 5.91 Å². The molecule has 20 heavy (non-hydrogen) atoms. The van der Waals surface area contributed by atoms with Gasteiger partial charge in [0.2, 0.25) is 5.91 Å². The Morgan fingerprint density at radius 3 is 2.55 bits per heavy atom. The first-order valence-electron chi connectivity index (χ1n) is 7.75. The lowest BCUT2D eigenvalue weighted by Gasteiger charge is -2.31. The summed E-state index contributed by atoms with van der Waals surface area (Å²) in [6.07, 6.45) is 3.07. The second-order valence-corrected chi connectivity index (χ2v) is 6.99. The molecule has 1 N–H and O–H groups in total. The molecule has 0 unspecified atom stereocenters. The Morgan fingerprint density at radius 2 is 1.95 bits per heavy atom. The number of β-amino-alcohol motifs (C(OH)–C–C–N with tert-alkyl or cyclic N) is 1. The van der Waals surface area contributed by atoms with Crippen molar-refractivity contribution in [2.45, 2.75) is 31.8 Å². The Morgan fingerprint density at radius 1 is 1.30 bits per heavy atom. The maximum Gasteiger partial charge on any atom is 0.236 e. The van der Waals surface area contributed by atoms with Gasteiger partial charge in [-0.3, -0.25) is 9.69 Å². The van der Waals surface area contributed by atoms with E-state index in [2.05, 4.69) is 11.8 Å². The normalized spacial score (nSPS) is 29.4. The monoisotopic (exact) mass is 283 g/mol. The van der Waals surface area contributed by atoms with Crippen LogP contribution in [0, 0.1) is 5.92 Å². The molecule has 5 nitrogen and oxygen atoms in total. The van der Waals surface area contributed by atoms with E-state index in [-0.39, 0.29) is 5.91 Å². The van der Waals surface area contributed by atoms with Gasteiger partial charge in [-0.15, -0.1) is 0 Å². The molecule has 1 amide bonds. The van der Waals surface area contributed by atoms with Gasteiger partial charge in [-0.05, 0) is 52.4 Å². The lowest BCUT2D eigenvalue weighted by atomic mass is 9.99. The minimum atomic E-state index is -0.727. The van der Waals surface area contributed by atoms with Gasteiger partial charge in [0.25, 0.3) is 0 Å². The number of hydrogen-bond acceptors (Lipinski definition) is 4. The Kier molecular flexibility index (Phi) is 5.04. The second kappa shape index (κ2) is 6.41. The third kappa shape index (κ3) is 4.17. The highest BCUT2D eigenvalue weighted by Crippen LogP contribution is 2.22. The Labute approximate surface area is 122 Å². The minimum absolute atomic E-state index is 0.175. The van der Waals surface area contributed by atoms with Crippen LogP contribution >= 0.6 is 0 Å². The molecular formula is C15H29N3O2. The predicted molar refractivity (Wildman–Crippen MR) is 79.5 cm³/mol. The van der Waals surface area contributed by atoms with Gasteiger partial charge in [-0.2, -0.15) is 0 Å². The van der Waals surface area contributed by atoms with Gasteiger partial charge in [-0.1, -0.05) is 6.92 Å². The number of nitrogens with zero attached hydrogens (tertiary/aromatic N) is 3. The van der Waals surface area contributed by atoms with Crippen molar-refractivity contribution in [1.29, 1.82) is 0 Å². The van der Waals surface area contributed by atoms with Crippen LogP contribution in [-0.4, -0.2) is 84.7 Å². The number of amides is 1. The summed E-state index contributed by atoms with van der Waals surface area (Å²) in [6.45, 7) is 6.65. The number of carbonyl (C=O) groups excluding carboxylic acids is 1. The summed E-state index contributed by atoms with van der Waals surface area (Å²) < 4.78 is 0. The van der Waals surface area contributed by atoms with E-state index in [4.69, 9.17) is 0 Å². The summed E-state index contributed by atoms with van der Waals surface area (Å²) in [5.74, 6) is 0.965. The van der Waals surface area contributed by atoms with Crippen molar-refractivity contribution in [3.05, 3.63) is 0 Å². The first-order valence-corrected chi connectivity index (χ1v) is 7.75. The van der Waals surface area contributed by atoms with Gasteiger partial charge in [0, 0.05) is 13.1 Å². The van der Waals surface area contributed by atoms with E-state index in [0.29, 0.717) is 32.6 Å². The number of likely N-dealkylation sites (tertiary alicyclic amines) is 2. The average Bonchev–Trinajstić information content (AvgIpc) is 2.73.